The summed E-state index contributed by atoms with van der Waals surface area (Å²) < 4.78 is 26.2. The summed E-state index contributed by atoms with van der Waals surface area (Å²) >= 11 is 0. The van der Waals surface area contributed by atoms with Gasteiger partial charge in [-0.25, -0.2) is 9.18 Å². The Morgan fingerprint density at radius 3 is 2.54 bits per heavy atom. The lowest BCUT2D eigenvalue weighted by atomic mass is 9.86. The lowest BCUT2D eigenvalue weighted by molar-refractivity contribution is -0.125. The molecule has 2 amide bonds. The first-order valence-corrected chi connectivity index (χ1v) is 12.6. The Hall–Kier alpha value is -2.61. The minimum atomic E-state index is -0.502. The van der Waals surface area contributed by atoms with Crippen molar-refractivity contribution in [3.63, 3.8) is 0 Å². The Bertz CT molecular complexity index is 903. The van der Waals surface area contributed by atoms with Crippen LogP contribution in [0.15, 0.2) is 24.3 Å². The van der Waals surface area contributed by atoms with Gasteiger partial charge in [0.2, 0.25) is 5.91 Å². The minimum Gasteiger partial charge on any atom is -0.493 e. The van der Waals surface area contributed by atoms with Crippen LogP contribution in [0.25, 0.3) is 5.57 Å². The second-order valence-electron chi connectivity index (χ2n) is 10.4. The van der Waals surface area contributed by atoms with Gasteiger partial charge >= 0.3 is 6.09 Å². The van der Waals surface area contributed by atoms with Crippen LogP contribution < -0.4 is 10.1 Å². The smallest absolute Gasteiger partial charge is 0.410 e. The minimum absolute atomic E-state index is 0.00472. The molecule has 2 aliphatic rings. The van der Waals surface area contributed by atoms with Gasteiger partial charge < -0.3 is 24.8 Å². The van der Waals surface area contributed by atoms with Crippen molar-refractivity contribution in [3.8, 4) is 5.75 Å². The number of benzene rings is 1. The van der Waals surface area contributed by atoms with Gasteiger partial charge in [0, 0.05) is 43.8 Å². The first-order chi connectivity index (χ1) is 16.7. The van der Waals surface area contributed by atoms with Crippen molar-refractivity contribution in [2.45, 2.75) is 64.9 Å². The van der Waals surface area contributed by atoms with Crippen LogP contribution in [0.4, 0.5) is 9.18 Å². The van der Waals surface area contributed by atoms with Gasteiger partial charge in [-0.2, -0.15) is 0 Å². The number of aliphatic hydroxyl groups is 1. The number of hydrogen-bond donors (Lipinski definition) is 2. The Morgan fingerprint density at radius 1 is 1.20 bits per heavy atom. The number of likely N-dealkylation sites (tertiary alicyclic amines) is 1. The highest BCUT2D eigenvalue weighted by atomic mass is 19.1. The van der Waals surface area contributed by atoms with Crippen LogP contribution in [0.3, 0.4) is 0 Å². The number of halogens is 1. The molecule has 3 rings (SSSR count). The zero-order valence-electron chi connectivity index (χ0n) is 21.1. The molecule has 1 aromatic carbocycles. The molecule has 1 atom stereocenters. The highest BCUT2D eigenvalue weighted by Gasteiger charge is 2.27. The normalized spacial score (nSPS) is 19.2. The Morgan fingerprint density at radius 2 is 1.94 bits per heavy atom. The third-order valence-electron chi connectivity index (χ3n) is 6.45. The standard InChI is InChI=1S/C27H39FN2O5/c1-27(2,3)35-26(33)30-14-11-19(12-15-30)18-34-22-9-10-23(24(28)17-22)20-5-7-21(8-6-20)25(32)29-13-4-16-31/h5,9-10,17,19,21,31H,4,6-8,11-16,18H2,1-3H3,(H,29,32). The number of amides is 2. The molecular weight excluding hydrogens is 451 g/mol. The van der Waals surface area contributed by atoms with E-state index in [2.05, 4.69) is 5.32 Å². The van der Waals surface area contributed by atoms with Crippen molar-refractivity contribution < 1.29 is 28.6 Å². The lowest BCUT2D eigenvalue weighted by Gasteiger charge is -2.33. The van der Waals surface area contributed by atoms with Crippen molar-refractivity contribution in [1.82, 2.24) is 10.2 Å². The van der Waals surface area contributed by atoms with E-state index in [1.54, 1.807) is 17.0 Å². The second-order valence-corrected chi connectivity index (χ2v) is 10.4. The van der Waals surface area contributed by atoms with Gasteiger partial charge in [-0.1, -0.05) is 6.08 Å². The molecule has 0 aromatic heterocycles. The summed E-state index contributed by atoms with van der Waals surface area (Å²) in [5, 5.41) is 11.7. The summed E-state index contributed by atoms with van der Waals surface area (Å²) in [6.45, 7) is 7.85. The molecule has 0 radical (unpaired) electrons. The number of nitrogens with zero attached hydrogens (tertiary/aromatic N) is 1. The highest BCUT2D eigenvalue weighted by Crippen LogP contribution is 2.33. The van der Waals surface area contributed by atoms with Crippen LogP contribution in [-0.2, 0) is 9.53 Å². The SMILES string of the molecule is CC(C)(C)OC(=O)N1CCC(COc2ccc(C3=CCC(C(=O)NCCCO)CC3)c(F)c2)CC1. The van der Waals surface area contributed by atoms with Crippen LogP contribution in [0, 0.1) is 17.7 Å². The molecule has 1 fully saturated rings. The summed E-state index contributed by atoms with van der Waals surface area (Å²) in [5.41, 5.74) is 0.975. The monoisotopic (exact) mass is 490 g/mol. The Labute approximate surface area is 207 Å². The molecule has 0 spiro atoms. The molecule has 1 heterocycles. The molecule has 1 saturated heterocycles. The molecule has 1 aliphatic heterocycles. The number of hydrogen-bond acceptors (Lipinski definition) is 5. The van der Waals surface area contributed by atoms with Gasteiger partial charge in [-0.3, -0.25) is 4.79 Å². The first kappa shape index (κ1) is 27.0. The van der Waals surface area contributed by atoms with Crippen LogP contribution in [0.5, 0.6) is 5.75 Å². The van der Waals surface area contributed by atoms with Crippen LogP contribution in [0.1, 0.15) is 64.9 Å². The van der Waals surface area contributed by atoms with Gasteiger partial charge in [0.25, 0.3) is 0 Å². The number of nitrogens with one attached hydrogen (secondary N) is 1. The molecule has 0 bridgehead atoms. The fourth-order valence-corrected chi connectivity index (χ4v) is 4.42. The van der Waals surface area contributed by atoms with E-state index < -0.39 is 5.60 Å². The average Bonchev–Trinajstić information content (AvgIpc) is 2.82. The van der Waals surface area contributed by atoms with Crippen molar-refractivity contribution in [1.29, 1.82) is 0 Å². The second kappa shape index (κ2) is 12.4. The fraction of sp³-hybridized carbons (Fsp3) is 0.630. The lowest BCUT2D eigenvalue weighted by Crippen LogP contribution is -2.42. The van der Waals surface area contributed by atoms with Gasteiger partial charge in [-0.15, -0.1) is 0 Å². The predicted octanol–water partition coefficient (Wildman–Crippen LogP) is 4.53. The zero-order valence-corrected chi connectivity index (χ0v) is 21.1. The molecule has 0 saturated carbocycles. The molecule has 1 aromatic rings. The van der Waals surface area contributed by atoms with E-state index >= 15 is 0 Å². The quantitative estimate of drug-likeness (QED) is 0.523. The third kappa shape index (κ3) is 8.23. The summed E-state index contributed by atoms with van der Waals surface area (Å²) in [4.78, 5) is 26.1. The van der Waals surface area contributed by atoms with E-state index in [0.29, 0.717) is 69.2 Å². The number of ether oxygens (including phenoxy) is 2. The number of rotatable bonds is 8. The maximum atomic E-state index is 14.9. The van der Waals surface area contributed by atoms with E-state index in [1.807, 2.05) is 26.8 Å². The largest absolute Gasteiger partial charge is 0.493 e. The van der Waals surface area contributed by atoms with Gasteiger partial charge in [0.1, 0.15) is 17.2 Å². The number of aliphatic hydroxyl groups excluding tert-OH is 1. The van der Waals surface area contributed by atoms with Crippen molar-refractivity contribution >= 4 is 17.6 Å². The van der Waals surface area contributed by atoms with Crippen LogP contribution in [0.2, 0.25) is 0 Å². The van der Waals surface area contributed by atoms with E-state index in [4.69, 9.17) is 14.6 Å². The molecule has 1 aliphatic carbocycles. The summed E-state index contributed by atoms with van der Waals surface area (Å²) in [6.07, 6.45) is 5.77. The molecule has 2 N–H and O–H groups in total. The van der Waals surface area contributed by atoms with Crippen LogP contribution in [-0.4, -0.2) is 60.5 Å². The number of allylic oxidation sites excluding steroid dienone is 2. The fourth-order valence-electron chi connectivity index (χ4n) is 4.42. The number of carbonyl (C=O) groups excluding carboxylic acids is 2. The van der Waals surface area contributed by atoms with Crippen LogP contribution >= 0.6 is 0 Å². The summed E-state index contributed by atoms with van der Waals surface area (Å²) in [6, 6.07) is 4.98. The topological polar surface area (TPSA) is 88.1 Å². The number of carbonyl (C=O) groups is 2. The Balaban J connectivity index is 1.45. The van der Waals surface area contributed by atoms with Gasteiger partial charge in [-0.05, 0) is 82.9 Å². The maximum Gasteiger partial charge on any atom is 0.410 e. The summed E-state index contributed by atoms with van der Waals surface area (Å²) in [7, 11) is 0. The van der Waals surface area contributed by atoms with Gasteiger partial charge in [0.05, 0.1) is 6.61 Å². The van der Waals surface area contributed by atoms with Crippen molar-refractivity contribution in [2.24, 2.45) is 11.8 Å². The molecule has 8 heteroatoms. The van der Waals surface area contributed by atoms with E-state index in [0.717, 1.165) is 18.4 Å². The van der Waals surface area contributed by atoms with Crippen molar-refractivity contribution in [3.05, 3.63) is 35.7 Å². The highest BCUT2D eigenvalue weighted by molar-refractivity contribution is 5.80. The molecular formula is C27H39FN2O5. The van der Waals surface area contributed by atoms with E-state index in [-0.39, 0.29) is 30.3 Å². The van der Waals surface area contributed by atoms with Crippen molar-refractivity contribution in [2.75, 3.05) is 32.8 Å². The molecule has 35 heavy (non-hydrogen) atoms. The maximum absolute atomic E-state index is 14.9. The first-order valence-electron chi connectivity index (χ1n) is 12.6. The zero-order chi connectivity index (χ0) is 25.4. The van der Waals surface area contributed by atoms with Gasteiger partial charge in [0.15, 0.2) is 0 Å². The predicted molar refractivity (Wildman–Crippen MR) is 132 cm³/mol. The number of piperidine rings is 1. The molecule has 194 valence electrons. The summed E-state index contributed by atoms with van der Waals surface area (Å²) in [5.74, 6) is 0.371. The van der Waals surface area contributed by atoms with E-state index in [9.17, 15) is 14.0 Å². The average molecular weight is 491 g/mol. The molecule has 7 nitrogen and oxygen atoms in total. The van der Waals surface area contributed by atoms with E-state index in [1.165, 1.54) is 6.07 Å². The third-order valence-corrected chi connectivity index (χ3v) is 6.45. The molecule has 1 unspecified atom stereocenters. The Kier molecular flexibility index (Phi) is 9.55.